The third kappa shape index (κ3) is 4.03. The molecule has 4 unspecified atom stereocenters. The maximum Gasteiger partial charge on any atom is 0.126 e. The number of rotatable bonds is 3. The molecule has 1 fully saturated rings. The summed E-state index contributed by atoms with van der Waals surface area (Å²) in [7, 11) is 0. The molecule has 1 aromatic carbocycles. The van der Waals surface area contributed by atoms with Gasteiger partial charge in [-0.3, -0.25) is 0 Å². The normalized spacial score (nSPS) is 29.2. The van der Waals surface area contributed by atoms with Gasteiger partial charge >= 0.3 is 0 Å². The van der Waals surface area contributed by atoms with Gasteiger partial charge in [-0.05, 0) is 23.8 Å². The summed E-state index contributed by atoms with van der Waals surface area (Å²) in [6.45, 7) is 4.39. The zero-order chi connectivity index (χ0) is 14.0. The molecule has 0 aromatic heterocycles. The van der Waals surface area contributed by atoms with Gasteiger partial charge in [0.15, 0.2) is 0 Å². The van der Waals surface area contributed by atoms with E-state index in [-0.39, 0.29) is 11.1 Å². The van der Waals surface area contributed by atoms with Gasteiger partial charge in [-0.15, -0.1) is 0 Å². The molecule has 106 valence electrons. The first-order valence-electron chi connectivity index (χ1n) is 6.36. The van der Waals surface area contributed by atoms with Gasteiger partial charge in [0.05, 0.1) is 6.10 Å². The molecule has 1 heterocycles. The van der Waals surface area contributed by atoms with Crippen LogP contribution >= 0.6 is 35.1 Å². The molecule has 0 bridgehead atoms. The lowest BCUT2D eigenvalue weighted by Gasteiger charge is -2.33. The van der Waals surface area contributed by atoms with E-state index in [1.165, 1.54) is 12.1 Å². The topological polar surface area (TPSA) is 20.2 Å². The highest BCUT2D eigenvalue weighted by molar-refractivity contribution is 8.07. The van der Waals surface area contributed by atoms with E-state index >= 15 is 0 Å². The summed E-state index contributed by atoms with van der Waals surface area (Å²) in [4.78, 5) is 0. The van der Waals surface area contributed by atoms with Crippen LogP contribution in [0.15, 0.2) is 18.2 Å². The number of hydrogen-bond donors (Lipinski definition) is 1. The standard InChI is InChI=1S/C14H18ClFOS2/c1-8-9(2)19-14(7-18-8)13(17)6-10-5-11(15)3-4-12(10)16/h3-5,8-9,13-14,17H,6-7H2,1-2H3. The molecule has 5 heteroatoms. The van der Waals surface area contributed by atoms with Crippen molar-refractivity contribution in [2.75, 3.05) is 5.75 Å². The molecule has 1 N–H and O–H groups in total. The fourth-order valence-electron chi connectivity index (χ4n) is 2.07. The summed E-state index contributed by atoms with van der Waals surface area (Å²) in [6, 6.07) is 4.49. The Balaban J connectivity index is 2.01. The zero-order valence-electron chi connectivity index (χ0n) is 11.0. The van der Waals surface area contributed by atoms with E-state index in [2.05, 4.69) is 13.8 Å². The minimum Gasteiger partial charge on any atom is -0.392 e. The molecule has 1 saturated heterocycles. The van der Waals surface area contributed by atoms with Crippen LogP contribution in [0, 0.1) is 5.82 Å². The van der Waals surface area contributed by atoms with Crippen LogP contribution in [0.4, 0.5) is 4.39 Å². The summed E-state index contributed by atoms with van der Waals surface area (Å²) in [5, 5.41) is 12.1. The molecule has 4 atom stereocenters. The van der Waals surface area contributed by atoms with E-state index < -0.39 is 6.10 Å². The summed E-state index contributed by atoms with van der Waals surface area (Å²) < 4.78 is 13.7. The minimum absolute atomic E-state index is 0.162. The lowest BCUT2D eigenvalue weighted by molar-refractivity contribution is 0.176. The Morgan fingerprint density at radius 1 is 1.42 bits per heavy atom. The molecule has 1 nitrogen and oxygen atoms in total. The Kier molecular flexibility index (Phi) is 5.46. The number of aliphatic hydroxyl groups is 1. The molecular formula is C14H18ClFOS2. The Hall–Kier alpha value is 0.1000. The summed E-state index contributed by atoms with van der Waals surface area (Å²) in [5.41, 5.74) is 0.497. The van der Waals surface area contributed by atoms with Crippen molar-refractivity contribution in [3.8, 4) is 0 Å². The second kappa shape index (κ2) is 6.70. The first-order valence-corrected chi connectivity index (χ1v) is 8.73. The van der Waals surface area contributed by atoms with Gasteiger partial charge in [0.1, 0.15) is 5.82 Å². The average Bonchev–Trinajstić information content (AvgIpc) is 2.37. The predicted octanol–water partition coefficient (Wildman–Crippen LogP) is 4.01. The Morgan fingerprint density at radius 2 is 2.16 bits per heavy atom. The van der Waals surface area contributed by atoms with Crippen molar-refractivity contribution in [1.29, 1.82) is 0 Å². The van der Waals surface area contributed by atoms with Crippen molar-refractivity contribution in [1.82, 2.24) is 0 Å². The van der Waals surface area contributed by atoms with Crippen LogP contribution in [-0.2, 0) is 6.42 Å². The van der Waals surface area contributed by atoms with Crippen molar-refractivity contribution in [3.63, 3.8) is 0 Å². The second-order valence-corrected chi connectivity index (χ2v) is 8.39. The molecule has 0 radical (unpaired) electrons. The Labute approximate surface area is 127 Å². The molecule has 0 spiro atoms. The van der Waals surface area contributed by atoms with Gasteiger partial charge in [0.2, 0.25) is 0 Å². The molecule has 0 saturated carbocycles. The van der Waals surface area contributed by atoms with E-state index in [9.17, 15) is 9.50 Å². The smallest absolute Gasteiger partial charge is 0.126 e. The molecule has 1 aromatic rings. The fourth-order valence-corrected chi connectivity index (χ4v) is 5.28. The number of thioether (sulfide) groups is 2. The number of aliphatic hydroxyl groups excluding tert-OH is 1. The third-order valence-corrected chi connectivity index (χ3v) is 7.21. The monoisotopic (exact) mass is 320 g/mol. The molecular weight excluding hydrogens is 303 g/mol. The van der Waals surface area contributed by atoms with Crippen molar-refractivity contribution in [2.24, 2.45) is 0 Å². The number of halogens is 2. The van der Waals surface area contributed by atoms with Gasteiger partial charge < -0.3 is 5.11 Å². The lowest BCUT2D eigenvalue weighted by atomic mass is 10.1. The SMILES string of the molecule is CC1SCC(C(O)Cc2cc(Cl)ccc2F)SC1C. The van der Waals surface area contributed by atoms with Gasteiger partial charge in [-0.2, -0.15) is 23.5 Å². The van der Waals surface area contributed by atoms with E-state index in [4.69, 9.17) is 11.6 Å². The quantitative estimate of drug-likeness (QED) is 0.908. The second-order valence-electron chi connectivity index (χ2n) is 4.93. The summed E-state index contributed by atoms with van der Waals surface area (Å²) >= 11 is 9.56. The van der Waals surface area contributed by atoms with Gasteiger partial charge in [-0.25, -0.2) is 4.39 Å². The van der Waals surface area contributed by atoms with Crippen LogP contribution in [0.2, 0.25) is 5.02 Å². The molecule has 0 amide bonds. The maximum absolute atomic E-state index is 13.7. The van der Waals surface area contributed by atoms with Crippen LogP contribution in [-0.4, -0.2) is 32.7 Å². The van der Waals surface area contributed by atoms with Crippen molar-refractivity contribution < 1.29 is 9.50 Å². The zero-order valence-corrected chi connectivity index (χ0v) is 13.4. The first-order chi connectivity index (χ1) is 8.97. The van der Waals surface area contributed by atoms with Crippen molar-refractivity contribution in [2.45, 2.75) is 42.1 Å². The van der Waals surface area contributed by atoms with E-state index in [0.29, 0.717) is 27.5 Å². The molecule has 1 aliphatic rings. The van der Waals surface area contributed by atoms with Crippen molar-refractivity contribution >= 4 is 35.1 Å². The van der Waals surface area contributed by atoms with Crippen LogP contribution in [0.5, 0.6) is 0 Å². The van der Waals surface area contributed by atoms with Crippen molar-refractivity contribution in [3.05, 3.63) is 34.6 Å². The van der Waals surface area contributed by atoms with Crippen LogP contribution in [0.1, 0.15) is 19.4 Å². The number of benzene rings is 1. The highest BCUT2D eigenvalue weighted by atomic mass is 35.5. The molecule has 0 aliphatic carbocycles. The molecule has 2 rings (SSSR count). The third-order valence-electron chi connectivity index (χ3n) is 3.44. The van der Waals surface area contributed by atoms with Gasteiger partial charge in [-0.1, -0.05) is 25.4 Å². The van der Waals surface area contributed by atoms with Gasteiger partial charge in [0, 0.05) is 32.9 Å². The van der Waals surface area contributed by atoms with E-state index in [1.807, 2.05) is 11.8 Å². The molecule has 19 heavy (non-hydrogen) atoms. The first kappa shape index (κ1) is 15.5. The van der Waals surface area contributed by atoms with Crippen LogP contribution in [0.25, 0.3) is 0 Å². The van der Waals surface area contributed by atoms with Crippen LogP contribution in [0.3, 0.4) is 0 Å². The molecule has 1 aliphatic heterocycles. The minimum atomic E-state index is -0.527. The Morgan fingerprint density at radius 3 is 2.84 bits per heavy atom. The number of hydrogen-bond acceptors (Lipinski definition) is 3. The average molecular weight is 321 g/mol. The van der Waals surface area contributed by atoms with Gasteiger partial charge in [0.25, 0.3) is 0 Å². The van der Waals surface area contributed by atoms with Crippen LogP contribution < -0.4 is 0 Å². The van der Waals surface area contributed by atoms with E-state index in [1.54, 1.807) is 17.8 Å². The highest BCUT2D eigenvalue weighted by Gasteiger charge is 2.30. The maximum atomic E-state index is 13.7. The summed E-state index contributed by atoms with van der Waals surface area (Å²) in [6.07, 6.45) is -0.202. The Bertz CT molecular complexity index is 443. The largest absolute Gasteiger partial charge is 0.392 e. The fraction of sp³-hybridized carbons (Fsp3) is 0.571. The van der Waals surface area contributed by atoms with E-state index in [0.717, 1.165) is 5.75 Å². The highest BCUT2D eigenvalue weighted by Crippen LogP contribution is 2.37. The summed E-state index contributed by atoms with van der Waals surface area (Å²) in [5.74, 6) is 0.623. The predicted molar refractivity (Wildman–Crippen MR) is 83.9 cm³/mol. The lowest BCUT2D eigenvalue weighted by Crippen LogP contribution is -2.35.